The molecular weight excluding hydrogens is 176 g/mol. The zero-order valence-corrected chi connectivity index (χ0v) is 8.72. The summed E-state index contributed by atoms with van der Waals surface area (Å²) >= 11 is 0. The van der Waals surface area contributed by atoms with E-state index < -0.39 is 12.5 Å². The van der Waals surface area contributed by atoms with Gasteiger partial charge in [-0.25, -0.2) is 8.78 Å². The van der Waals surface area contributed by atoms with Crippen LogP contribution in [0.3, 0.4) is 0 Å². The number of alkyl halides is 2. The van der Waals surface area contributed by atoms with Gasteiger partial charge < -0.3 is 10.0 Å². The van der Waals surface area contributed by atoms with E-state index in [-0.39, 0.29) is 12.0 Å². The van der Waals surface area contributed by atoms with Crippen molar-refractivity contribution < 1.29 is 13.9 Å². The number of rotatable bonds is 5. The Morgan fingerprint density at radius 2 is 1.85 bits per heavy atom. The average Bonchev–Trinajstić information content (AvgIpc) is 1.82. The van der Waals surface area contributed by atoms with E-state index >= 15 is 0 Å². The monoisotopic (exact) mass is 195 g/mol. The molecule has 0 aromatic carbocycles. The molecule has 0 saturated heterocycles. The lowest BCUT2D eigenvalue weighted by atomic mass is 9.87. The molecule has 0 rings (SSSR count). The Balaban J connectivity index is 3.96. The van der Waals surface area contributed by atoms with Crippen LogP contribution in [0.1, 0.15) is 20.8 Å². The molecule has 0 saturated carbocycles. The summed E-state index contributed by atoms with van der Waals surface area (Å²) in [6, 6.07) is 0. The maximum atomic E-state index is 12.0. The highest BCUT2D eigenvalue weighted by Gasteiger charge is 2.26. The van der Waals surface area contributed by atoms with Gasteiger partial charge in [-0.1, -0.05) is 13.8 Å². The van der Waals surface area contributed by atoms with Gasteiger partial charge in [0.25, 0.3) is 6.43 Å². The van der Waals surface area contributed by atoms with Crippen LogP contribution in [0.25, 0.3) is 0 Å². The van der Waals surface area contributed by atoms with Crippen molar-refractivity contribution in [1.29, 1.82) is 0 Å². The Hall–Kier alpha value is -0.220. The van der Waals surface area contributed by atoms with Crippen molar-refractivity contribution >= 4 is 0 Å². The third-order valence-corrected chi connectivity index (χ3v) is 2.26. The minimum Gasteiger partial charge on any atom is -0.393 e. The van der Waals surface area contributed by atoms with Crippen LogP contribution in [-0.2, 0) is 0 Å². The number of hydrogen-bond donors (Lipinski definition) is 1. The van der Waals surface area contributed by atoms with Gasteiger partial charge in [0, 0.05) is 12.0 Å². The van der Waals surface area contributed by atoms with Crippen LogP contribution in [0.15, 0.2) is 0 Å². The molecule has 13 heavy (non-hydrogen) atoms. The zero-order valence-electron chi connectivity index (χ0n) is 8.72. The van der Waals surface area contributed by atoms with E-state index in [1.54, 1.807) is 14.0 Å². The van der Waals surface area contributed by atoms with Crippen molar-refractivity contribution in [2.24, 2.45) is 5.41 Å². The number of halogens is 2. The van der Waals surface area contributed by atoms with Crippen molar-refractivity contribution in [2.75, 3.05) is 20.1 Å². The standard InChI is InChI=1S/C9H19F2NO/c1-7(13)9(2,3)6-12(4)5-8(10)11/h7-8,13H,5-6H2,1-4H3. The van der Waals surface area contributed by atoms with Crippen molar-refractivity contribution in [3.8, 4) is 0 Å². The van der Waals surface area contributed by atoms with Gasteiger partial charge in [0.15, 0.2) is 0 Å². The van der Waals surface area contributed by atoms with E-state index in [1.165, 1.54) is 4.90 Å². The fraction of sp³-hybridized carbons (Fsp3) is 1.00. The Kier molecular flexibility index (Phi) is 4.78. The molecule has 1 unspecified atom stereocenters. The summed E-state index contributed by atoms with van der Waals surface area (Å²) < 4.78 is 23.9. The Labute approximate surface area is 78.5 Å². The SMILES string of the molecule is CC(O)C(C)(C)CN(C)CC(F)F. The number of hydrogen-bond acceptors (Lipinski definition) is 2. The summed E-state index contributed by atoms with van der Waals surface area (Å²) in [6.45, 7) is 5.63. The summed E-state index contributed by atoms with van der Waals surface area (Å²) in [4.78, 5) is 1.54. The quantitative estimate of drug-likeness (QED) is 0.720. The molecule has 0 aliphatic carbocycles. The van der Waals surface area contributed by atoms with Crippen LogP contribution < -0.4 is 0 Å². The zero-order chi connectivity index (χ0) is 10.6. The van der Waals surface area contributed by atoms with Gasteiger partial charge in [-0.2, -0.15) is 0 Å². The second kappa shape index (κ2) is 4.86. The highest BCUT2D eigenvalue weighted by Crippen LogP contribution is 2.21. The molecule has 0 aromatic heterocycles. The molecule has 0 fully saturated rings. The molecule has 0 heterocycles. The lowest BCUT2D eigenvalue weighted by molar-refractivity contribution is 0.0225. The van der Waals surface area contributed by atoms with Crippen molar-refractivity contribution in [1.82, 2.24) is 4.90 Å². The molecule has 0 amide bonds. The lowest BCUT2D eigenvalue weighted by Gasteiger charge is -2.32. The fourth-order valence-electron chi connectivity index (χ4n) is 1.13. The highest BCUT2D eigenvalue weighted by molar-refractivity contribution is 4.77. The van der Waals surface area contributed by atoms with Crippen LogP contribution in [0, 0.1) is 5.41 Å². The molecule has 1 atom stereocenters. The van der Waals surface area contributed by atoms with Crippen LogP contribution in [0.5, 0.6) is 0 Å². The summed E-state index contributed by atoms with van der Waals surface area (Å²) in [5.74, 6) is 0. The highest BCUT2D eigenvalue weighted by atomic mass is 19.3. The minimum atomic E-state index is -2.31. The van der Waals surface area contributed by atoms with Gasteiger partial charge in [-0.15, -0.1) is 0 Å². The van der Waals surface area contributed by atoms with Crippen LogP contribution >= 0.6 is 0 Å². The predicted octanol–water partition coefficient (Wildman–Crippen LogP) is 1.59. The molecule has 0 bridgehead atoms. The maximum Gasteiger partial charge on any atom is 0.251 e. The third-order valence-electron chi connectivity index (χ3n) is 2.26. The van der Waals surface area contributed by atoms with E-state index in [0.29, 0.717) is 6.54 Å². The molecule has 0 aliphatic heterocycles. The van der Waals surface area contributed by atoms with E-state index in [0.717, 1.165) is 0 Å². The lowest BCUT2D eigenvalue weighted by Crippen LogP contribution is -2.40. The molecule has 0 aliphatic rings. The smallest absolute Gasteiger partial charge is 0.251 e. The normalized spacial score (nSPS) is 15.5. The molecular formula is C9H19F2NO. The third kappa shape index (κ3) is 5.16. The Bertz CT molecular complexity index is 149. The van der Waals surface area contributed by atoms with E-state index in [2.05, 4.69) is 0 Å². The first kappa shape index (κ1) is 12.8. The summed E-state index contributed by atoms with van der Waals surface area (Å²) in [5.41, 5.74) is -0.344. The number of nitrogens with zero attached hydrogens (tertiary/aromatic N) is 1. The summed E-state index contributed by atoms with van der Waals surface area (Å²) in [5, 5.41) is 9.35. The Morgan fingerprint density at radius 1 is 1.38 bits per heavy atom. The van der Waals surface area contributed by atoms with Crippen LogP contribution in [-0.4, -0.2) is 42.7 Å². The molecule has 80 valence electrons. The van der Waals surface area contributed by atoms with Gasteiger partial charge in [-0.05, 0) is 14.0 Å². The topological polar surface area (TPSA) is 23.5 Å². The predicted molar refractivity (Wildman–Crippen MR) is 49.0 cm³/mol. The first-order chi connectivity index (χ1) is 5.75. The van der Waals surface area contributed by atoms with Gasteiger partial charge in [0.05, 0.1) is 12.6 Å². The second-order valence-corrected chi connectivity index (χ2v) is 4.25. The van der Waals surface area contributed by atoms with Crippen LogP contribution in [0.2, 0.25) is 0 Å². The van der Waals surface area contributed by atoms with Crippen molar-refractivity contribution in [3.05, 3.63) is 0 Å². The molecule has 4 heteroatoms. The molecule has 1 N–H and O–H groups in total. The maximum absolute atomic E-state index is 12.0. The Morgan fingerprint density at radius 3 is 2.15 bits per heavy atom. The van der Waals surface area contributed by atoms with Crippen molar-refractivity contribution in [3.63, 3.8) is 0 Å². The minimum absolute atomic E-state index is 0.240. The number of aliphatic hydroxyl groups is 1. The first-order valence-corrected chi connectivity index (χ1v) is 4.40. The fourth-order valence-corrected chi connectivity index (χ4v) is 1.13. The van der Waals surface area contributed by atoms with Crippen molar-refractivity contribution in [2.45, 2.75) is 33.3 Å². The van der Waals surface area contributed by atoms with Gasteiger partial charge in [0.2, 0.25) is 0 Å². The molecule has 0 radical (unpaired) electrons. The number of aliphatic hydroxyl groups excluding tert-OH is 1. The first-order valence-electron chi connectivity index (χ1n) is 4.40. The van der Waals surface area contributed by atoms with E-state index in [1.807, 2.05) is 13.8 Å². The largest absolute Gasteiger partial charge is 0.393 e. The second-order valence-electron chi connectivity index (χ2n) is 4.25. The molecule has 0 aromatic rings. The summed E-state index contributed by atoms with van der Waals surface area (Å²) in [7, 11) is 1.64. The van der Waals surface area contributed by atoms with Gasteiger partial charge in [0.1, 0.15) is 0 Å². The van der Waals surface area contributed by atoms with Crippen LogP contribution in [0.4, 0.5) is 8.78 Å². The average molecular weight is 195 g/mol. The molecule has 0 spiro atoms. The molecule has 2 nitrogen and oxygen atoms in total. The van der Waals surface area contributed by atoms with E-state index in [4.69, 9.17) is 0 Å². The summed E-state index contributed by atoms with van der Waals surface area (Å²) in [6.07, 6.45) is -2.80. The van der Waals surface area contributed by atoms with Gasteiger partial charge >= 0.3 is 0 Å². The van der Waals surface area contributed by atoms with Gasteiger partial charge in [-0.3, -0.25) is 0 Å². The van der Waals surface area contributed by atoms with E-state index in [9.17, 15) is 13.9 Å².